The molecule has 0 saturated heterocycles. The van der Waals surface area contributed by atoms with E-state index in [1.807, 2.05) is 24.3 Å². The number of benzene rings is 2. The van der Waals surface area contributed by atoms with Crippen molar-refractivity contribution in [3.8, 4) is 0 Å². The lowest BCUT2D eigenvalue weighted by molar-refractivity contribution is -0.132. The van der Waals surface area contributed by atoms with Crippen molar-refractivity contribution in [3.05, 3.63) is 64.2 Å². The van der Waals surface area contributed by atoms with Gasteiger partial charge in [0.2, 0.25) is 15.9 Å². The maximum Gasteiger partial charge on any atom is 0.238 e. The number of fused-ring (bicyclic) bond motifs is 1. The summed E-state index contributed by atoms with van der Waals surface area (Å²) in [4.78, 5) is 14.4. The van der Waals surface area contributed by atoms with Crippen molar-refractivity contribution in [2.45, 2.75) is 37.1 Å². The molecule has 1 amide bonds. The Balaban J connectivity index is 1.60. The third-order valence-corrected chi connectivity index (χ3v) is 5.76. The summed E-state index contributed by atoms with van der Waals surface area (Å²) in [7, 11) is -3.74. The quantitative estimate of drug-likeness (QED) is 0.849. The van der Waals surface area contributed by atoms with E-state index in [9.17, 15) is 13.2 Å². The second-order valence-electron chi connectivity index (χ2n) is 6.52. The van der Waals surface area contributed by atoms with Crippen LogP contribution in [0.2, 0.25) is 5.02 Å². The minimum absolute atomic E-state index is 0.0821. The van der Waals surface area contributed by atoms with Crippen molar-refractivity contribution in [1.29, 1.82) is 0 Å². The molecule has 1 aliphatic rings. The van der Waals surface area contributed by atoms with Gasteiger partial charge in [-0.3, -0.25) is 4.79 Å². The number of halogens is 1. The fourth-order valence-corrected chi connectivity index (χ4v) is 3.99. The number of carbonyl (C=O) groups excluding carboxylic acids is 1. The first-order chi connectivity index (χ1) is 12.3. The Labute approximate surface area is 158 Å². The van der Waals surface area contributed by atoms with Gasteiger partial charge in [-0.1, -0.05) is 29.8 Å². The topological polar surface area (TPSA) is 80.5 Å². The molecule has 0 spiro atoms. The largest absolute Gasteiger partial charge is 0.338 e. The molecule has 26 heavy (non-hydrogen) atoms. The maximum absolute atomic E-state index is 12.5. The van der Waals surface area contributed by atoms with Gasteiger partial charge in [0.25, 0.3) is 0 Å². The van der Waals surface area contributed by atoms with Crippen molar-refractivity contribution in [2.75, 3.05) is 6.54 Å². The number of rotatable bonds is 5. The van der Waals surface area contributed by atoms with Crippen molar-refractivity contribution in [1.82, 2.24) is 4.90 Å². The van der Waals surface area contributed by atoms with Gasteiger partial charge in [-0.05, 0) is 60.2 Å². The van der Waals surface area contributed by atoms with Crippen LogP contribution in [0, 0.1) is 0 Å². The summed E-state index contributed by atoms with van der Waals surface area (Å²) >= 11 is 5.97. The third-order valence-electron chi connectivity index (χ3n) is 4.62. The highest BCUT2D eigenvalue weighted by atomic mass is 35.5. The summed E-state index contributed by atoms with van der Waals surface area (Å²) in [6, 6.07) is 12.5. The van der Waals surface area contributed by atoms with E-state index in [0.29, 0.717) is 24.5 Å². The van der Waals surface area contributed by atoms with Crippen molar-refractivity contribution in [3.63, 3.8) is 0 Å². The van der Waals surface area contributed by atoms with E-state index in [-0.39, 0.29) is 10.8 Å². The maximum atomic E-state index is 12.5. The van der Waals surface area contributed by atoms with E-state index in [0.717, 1.165) is 36.0 Å². The lowest BCUT2D eigenvalue weighted by Gasteiger charge is -2.29. The van der Waals surface area contributed by atoms with E-state index in [2.05, 4.69) is 0 Å². The molecule has 2 aromatic rings. The standard InChI is InChI=1S/C19H21ClN2O3S/c20-17-5-1-3-14(11-17)4-2-6-19(23)22-10-9-15-7-8-18(26(21,24)25)12-16(15)13-22/h1,3,5,7-8,11-12H,2,4,6,9-10,13H2,(H2,21,24,25). The van der Waals surface area contributed by atoms with Crippen molar-refractivity contribution in [2.24, 2.45) is 5.14 Å². The Kier molecular flexibility index (Phi) is 5.65. The Morgan fingerprint density at radius 3 is 2.69 bits per heavy atom. The van der Waals surface area contributed by atoms with Gasteiger partial charge in [-0.15, -0.1) is 0 Å². The van der Waals surface area contributed by atoms with E-state index in [1.165, 1.54) is 6.07 Å². The van der Waals surface area contributed by atoms with Gasteiger partial charge in [0, 0.05) is 24.5 Å². The van der Waals surface area contributed by atoms with Crippen LogP contribution >= 0.6 is 11.6 Å². The van der Waals surface area contributed by atoms with Crippen LogP contribution in [0.4, 0.5) is 0 Å². The molecular weight excluding hydrogens is 372 g/mol. The molecule has 0 unspecified atom stereocenters. The molecule has 1 aliphatic heterocycles. The summed E-state index contributed by atoms with van der Waals surface area (Å²) in [5.41, 5.74) is 3.04. The molecule has 0 aliphatic carbocycles. The van der Waals surface area contributed by atoms with Crippen LogP contribution in [-0.2, 0) is 34.2 Å². The number of sulfonamides is 1. The molecule has 2 aromatic carbocycles. The van der Waals surface area contributed by atoms with Gasteiger partial charge >= 0.3 is 0 Å². The highest BCUT2D eigenvalue weighted by molar-refractivity contribution is 7.89. The number of nitrogens with two attached hydrogens (primary N) is 1. The van der Waals surface area contributed by atoms with Crippen LogP contribution < -0.4 is 5.14 Å². The van der Waals surface area contributed by atoms with Crippen LogP contribution in [0.3, 0.4) is 0 Å². The number of primary sulfonamides is 1. The van der Waals surface area contributed by atoms with E-state index >= 15 is 0 Å². The SMILES string of the molecule is NS(=O)(=O)c1ccc2c(c1)CN(C(=O)CCCc1cccc(Cl)c1)CC2. The van der Waals surface area contributed by atoms with Gasteiger partial charge in [0.05, 0.1) is 4.90 Å². The van der Waals surface area contributed by atoms with Crippen molar-refractivity contribution >= 4 is 27.5 Å². The normalized spacial score (nSPS) is 14.2. The first-order valence-corrected chi connectivity index (χ1v) is 10.4. The molecular formula is C19H21ClN2O3S. The second-order valence-corrected chi connectivity index (χ2v) is 8.52. The molecule has 3 rings (SSSR count). The van der Waals surface area contributed by atoms with Crippen LogP contribution in [0.25, 0.3) is 0 Å². The monoisotopic (exact) mass is 392 g/mol. The smallest absolute Gasteiger partial charge is 0.238 e. The summed E-state index contributed by atoms with van der Waals surface area (Å²) in [5.74, 6) is 0.0821. The summed E-state index contributed by atoms with van der Waals surface area (Å²) in [5, 5.41) is 5.90. The molecule has 0 saturated carbocycles. The highest BCUT2D eigenvalue weighted by Crippen LogP contribution is 2.23. The molecule has 0 fully saturated rings. The number of nitrogens with zero attached hydrogens (tertiary/aromatic N) is 1. The van der Waals surface area contributed by atoms with Crippen molar-refractivity contribution < 1.29 is 13.2 Å². The number of carbonyl (C=O) groups is 1. The summed E-state index contributed by atoms with van der Waals surface area (Å²) in [6.45, 7) is 1.08. The number of aryl methyl sites for hydroxylation is 1. The first-order valence-electron chi connectivity index (χ1n) is 8.50. The van der Waals surface area contributed by atoms with E-state index < -0.39 is 10.0 Å². The molecule has 5 nitrogen and oxygen atoms in total. The molecule has 0 aromatic heterocycles. The Morgan fingerprint density at radius 2 is 1.96 bits per heavy atom. The van der Waals surface area contributed by atoms with Crippen LogP contribution in [0.1, 0.15) is 29.5 Å². The van der Waals surface area contributed by atoms with Gasteiger partial charge in [-0.25, -0.2) is 13.6 Å². The fraction of sp³-hybridized carbons (Fsp3) is 0.316. The molecule has 0 atom stereocenters. The molecule has 7 heteroatoms. The Hall–Kier alpha value is -1.89. The van der Waals surface area contributed by atoms with Gasteiger partial charge in [0.1, 0.15) is 0 Å². The van der Waals surface area contributed by atoms with Crippen LogP contribution in [0.15, 0.2) is 47.4 Å². The Morgan fingerprint density at radius 1 is 1.15 bits per heavy atom. The lowest BCUT2D eigenvalue weighted by atomic mass is 9.99. The number of amides is 1. The minimum Gasteiger partial charge on any atom is -0.338 e. The minimum atomic E-state index is -3.74. The zero-order valence-corrected chi connectivity index (χ0v) is 15.9. The first kappa shape index (κ1) is 18.9. The summed E-state index contributed by atoms with van der Waals surface area (Å²) in [6.07, 6.45) is 2.73. The van der Waals surface area contributed by atoms with Gasteiger partial charge in [0.15, 0.2) is 0 Å². The molecule has 1 heterocycles. The zero-order valence-electron chi connectivity index (χ0n) is 14.3. The molecule has 0 radical (unpaired) electrons. The second kappa shape index (κ2) is 7.78. The molecule has 138 valence electrons. The molecule has 2 N–H and O–H groups in total. The van der Waals surface area contributed by atoms with Crippen LogP contribution in [-0.4, -0.2) is 25.8 Å². The molecule has 0 bridgehead atoms. The average Bonchev–Trinajstić information content (AvgIpc) is 2.60. The lowest BCUT2D eigenvalue weighted by Crippen LogP contribution is -2.36. The predicted octanol–water partition coefficient (Wildman–Crippen LogP) is 2.90. The van der Waals surface area contributed by atoms with Crippen LogP contribution in [0.5, 0.6) is 0 Å². The Bertz CT molecular complexity index is 928. The summed E-state index contributed by atoms with van der Waals surface area (Å²) < 4.78 is 23.0. The average molecular weight is 393 g/mol. The highest BCUT2D eigenvalue weighted by Gasteiger charge is 2.22. The zero-order chi connectivity index (χ0) is 18.7. The van der Waals surface area contributed by atoms with Gasteiger partial charge < -0.3 is 4.90 Å². The van der Waals surface area contributed by atoms with E-state index in [1.54, 1.807) is 17.0 Å². The fourth-order valence-electron chi connectivity index (χ4n) is 3.22. The number of hydrogen-bond donors (Lipinski definition) is 1. The third kappa shape index (κ3) is 4.63. The van der Waals surface area contributed by atoms with Gasteiger partial charge in [-0.2, -0.15) is 0 Å². The predicted molar refractivity (Wildman–Crippen MR) is 101 cm³/mol. The number of hydrogen-bond acceptors (Lipinski definition) is 3. The van der Waals surface area contributed by atoms with E-state index in [4.69, 9.17) is 16.7 Å².